The summed E-state index contributed by atoms with van der Waals surface area (Å²) in [4.78, 5) is 16.4. The van der Waals surface area contributed by atoms with Crippen molar-refractivity contribution in [3.8, 4) is 0 Å². The highest BCUT2D eigenvalue weighted by molar-refractivity contribution is 6.02. The van der Waals surface area contributed by atoms with Crippen LogP contribution in [0.3, 0.4) is 0 Å². The first kappa shape index (κ1) is 15.6. The van der Waals surface area contributed by atoms with E-state index in [9.17, 15) is 4.79 Å². The Morgan fingerprint density at radius 2 is 1.75 bits per heavy atom. The Balaban J connectivity index is 1.64. The minimum atomic E-state index is -0.293. The van der Waals surface area contributed by atoms with Gasteiger partial charge in [0.1, 0.15) is 5.82 Å². The summed E-state index contributed by atoms with van der Waals surface area (Å²) in [5.74, 6) is 0.294. The van der Waals surface area contributed by atoms with E-state index in [4.69, 9.17) is 0 Å². The number of benzene rings is 1. The van der Waals surface area contributed by atoms with Crippen LogP contribution in [0.1, 0.15) is 29.1 Å². The van der Waals surface area contributed by atoms with Gasteiger partial charge >= 0.3 is 0 Å². The summed E-state index contributed by atoms with van der Waals surface area (Å²) in [7, 11) is 0. The Kier molecular flexibility index (Phi) is 4.76. The molecule has 0 fully saturated rings. The molecule has 24 heavy (non-hydrogen) atoms. The van der Waals surface area contributed by atoms with Gasteiger partial charge in [-0.05, 0) is 43.3 Å². The van der Waals surface area contributed by atoms with Gasteiger partial charge in [-0.1, -0.05) is 24.3 Å². The smallest absolute Gasteiger partial charge is 0.276 e. The van der Waals surface area contributed by atoms with Crippen molar-refractivity contribution in [3.05, 3.63) is 78.2 Å². The lowest BCUT2D eigenvalue weighted by atomic mass is 10.2. The monoisotopic (exact) mass is 319 g/mol. The molecule has 0 radical (unpaired) electrons. The van der Waals surface area contributed by atoms with E-state index in [1.165, 1.54) is 0 Å². The van der Waals surface area contributed by atoms with E-state index in [-0.39, 0.29) is 17.6 Å². The van der Waals surface area contributed by atoms with Gasteiger partial charge in [0.15, 0.2) is 5.69 Å². The van der Waals surface area contributed by atoms with Gasteiger partial charge in [0, 0.05) is 11.9 Å². The van der Waals surface area contributed by atoms with Crippen LogP contribution in [0.4, 0.5) is 11.5 Å². The van der Waals surface area contributed by atoms with Gasteiger partial charge in [-0.3, -0.25) is 9.78 Å². The Labute approximate surface area is 140 Å². The summed E-state index contributed by atoms with van der Waals surface area (Å²) in [6.45, 7) is 1.99. The first-order chi connectivity index (χ1) is 11.7. The van der Waals surface area contributed by atoms with Crippen LogP contribution in [0.25, 0.3) is 0 Å². The quantitative estimate of drug-likeness (QED) is 0.754. The number of rotatable bonds is 5. The van der Waals surface area contributed by atoms with E-state index < -0.39 is 0 Å². The maximum atomic E-state index is 12.1. The van der Waals surface area contributed by atoms with E-state index in [0.717, 1.165) is 11.4 Å². The van der Waals surface area contributed by atoms with Crippen LogP contribution in [0.2, 0.25) is 0 Å². The third-order valence-corrected chi connectivity index (χ3v) is 3.42. The summed E-state index contributed by atoms with van der Waals surface area (Å²) in [6, 6.07) is 18.3. The molecule has 0 spiro atoms. The van der Waals surface area contributed by atoms with Crippen molar-refractivity contribution in [2.24, 2.45) is 0 Å². The van der Waals surface area contributed by atoms with Crippen LogP contribution >= 0.6 is 0 Å². The van der Waals surface area contributed by atoms with Crippen LogP contribution in [-0.2, 0) is 0 Å². The number of hydrogen-bond acceptors (Lipinski definition) is 5. The topological polar surface area (TPSA) is 79.8 Å². The molecule has 1 amide bonds. The third kappa shape index (κ3) is 3.92. The molecule has 0 saturated carbocycles. The minimum absolute atomic E-state index is 0.00973. The van der Waals surface area contributed by atoms with Gasteiger partial charge in [0.25, 0.3) is 5.91 Å². The zero-order valence-electron chi connectivity index (χ0n) is 13.2. The molecular formula is C18H17N5O. The average Bonchev–Trinajstić information content (AvgIpc) is 2.64. The van der Waals surface area contributed by atoms with Crippen LogP contribution in [0.5, 0.6) is 0 Å². The molecule has 0 aliphatic heterocycles. The van der Waals surface area contributed by atoms with Crippen LogP contribution in [0, 0.1) is 0 Å². The highest BCUT2D eigenvalue weighted by atomic mass is 16.1. The second kappa shape index (κ2) is 7.32. The van der Waals surface area contributed by atoms with Crippen molar-refractivity contribution in [2.75, 3.05) is 10.6 Å². The molecule has 0 aliphatic rings. The maximum absolute atomic E-state index is 12.1. The number of nitrogens with one attached hydrogen (secondary N) is 2. The molecule has 0 aliphatic carbocycles. The molecule has 6 heteroatoms. The number of aromatic nitrogens is 3. The SMILES string of the molecule is C[C@@H](Nc1ccc(C(=O)Nc2ccccc2)nn1)c1ccccn1. The van der Waals surface area contributed by atoms with Gasteiger partial charge in [0.05, 0.1) is 11.7 Å². The van der Waals surface area contributed by atoms with E-state index >= 15 is 0 Å². The van der Waals surface area contributed by atoms with Gasteiger partial charge in [-0.25, -0.2) is 0 Å². The summed E-state index contributed by atoms with van der Waals surface area (Å²) in [6.07, 6.45) is 1.75. The lowest BCUT2D eigenvalue weighted by Gasteiger charge is -2.13. The zero-order chi connectivity index (χ0) is 16.8. The second-order valence-corrected chi connectivity index (χ2v) is 5.24. The molecule has 2 aromatic heterocycles. The van der Waals surface area contributed by atoms with Crippen molar-refractivity contribution in [2.45, 2.75) is 13.0 Å². The summed E-state index contributed by atoms with van der Waals surface area (Å²) in [5, 5.41) is 14.0. The average molecular weight is 319 g/mol. The zero-order valence-corrected chi connectivity index (χ0v) is 13.2. The van der Waals surface area contributed by atoms with Crippen LogP contribution in [0.15, 0.2) is 66.9 Å². The molecule has 0 unspecified atom stereocenters. The first-order valence-corrected chi connectivity index (χ1v) is 7.60. The highest BCUT2D eigenvalue weighted by Crippen LogP contribution is 2.15. The first-order valence-electron chi connectivity index (χ1n) is 7.60. The molecule has 120 valence electrons. The van der Waals surface area contributed by atoms with Crippen molar-refractivity contribution < 1.29 is 4.79 Å². The Hall–Kier alpha value is -3.28. The Bertz CT molecular complexity index is 791. The molecule has 1 aromatic carbocycles. The van der Waals surface area contributed by atoms with Crippen molar-refractivity contribution >= 4 is 17.4 Å². The summed E-state index contributed by atoms with van der Waals surface area (Å²) >= 11 is 0. The minimum Gasteiger partial charge on any atom is -0.360 e. The van der Waals surface area contributed by atoms with Gasteiger partial charge < -0.3 is 10.6 Å². The Morgan fingerprint density at radius 1 is 0.958 bits per heavy atom. The molecule has 6 nitrogen and oxygen atoms in total. The molecule has 2 heterocycles. The lowest BCUT2D eigenvalue weighted by Crippen LogP contribution is -2.15. The summed E-state index contributed by atoms with van der Waals surface area (Å²) in [5.41, 5.74) is 1.88. The molecule has 3 rings (SSSR count). The van der Waals surface area contributed by atoms with Crippen molar-refractivity contribution in [1.29, 1.82) is 0 Å². The lowest BCUT2D eigenvalue weighted by molar-refractivity contribution is 0.102. The number of hydrogen-bond donors (Lipinski definition) is 2. The van der Waals surface area contributed by atoms with Crippen molar-refractivity contribution in [3.63, 3.8) is 0 Å². The third-order valence-electron chi connectivity index (χ3n) is 3.42. The number of para-hydroxylation sites is 1. The van der Waals surface area contributed by atoms with Crippen LogP contribution in [-0.4, -0.2) is 21.1 Å². The fourth-order valence-corrected chi connectivity index (χ4v) is 2.17. The largest absolute Gasteiger partial charge is 0.360 e. The van der Waals surface area contributed by atoms with Gasteiger partial charge in [-0.15, -0.1) is 10.2 Å². The maximum Gasteiger partial charge on any atom is 0.276 e. The molecule has 0 saturated heterocycles. The Morgan fingerprint density at radius 3 is 2.42 bits per heavy atom. The molecule has 1 atom stereocenters. The molecule has 3 aromatic rings. The molecular weight excluding hydrogens is 302 g/mol. The highest BCUT2D eigenvalue weighted by Gasteiger charge is 2.10. The number of pyridine rings is 1. The fraction of sp³-hybridized carbons (Fsp3) is 0.111. The van der Waals surface area contributed by atoms with Crippen LogP contribution < -0.4 is 10.6 Å². The van der Waals surface area contributed by atoms with E-state index in [0.29, 0.717) is 5.82 Å². The van der Waals surface area contributed by atoms with Gasteiger partial charge in [0.2, 0.25) is 0 Å². The number of carbonyl (C=O) groups excluding carboxylic acids is 1. The van der Waals surface area contributed by atoms with Crippen molar-refractivity contribution in [1.82, 2.24) is 15.2 Å². The second-order valence-electron chi connectivity index (χ2n) is 5.24. The number of carbonyl (C=O) groups is 1. The predicted molar refractivity (Wildman–Crippen MR) is 92.7 cm³/mol. The van der Waals surface area contributed by atoms with E-state index in [1.807, 2.05) is 55.5 Å². The fourth-order valence-electron chi connectivity index (χ4n) is 2.17. The summed E-state index contributed by atoms with van der Waals surface area (Å²) < 4.78 is 0. The number of amides is 1. The number of anilines is 2. The normalized spacial score (nSPS) is 11.5. The molecule has 2 N–H and O–H groups in total. The predicted octanol–water partition coefficient (Wildman–Crippen LogP) is 3.30. The van der Waals surface area contributed by atoms with Gasteiger partial charge in [-0.2, -0.15) is 0 Å². The molecule has 0 bridgehead atoms. The van der Waals surface area contributed by atoms with E-state index in [2.05, 4.69) is 25.8 Å². The standard InChI is InChI=1S/C18H17N5O/c1-13(15-9-5-6-12-19-15)20-17-11-10-16(22-23-17)18(24)21-14-7-3-2-4-8-14/h2-13H,1H3,(H,20,23)(H,21,24)/t13-/m1/s1. The van der Waals surface area contributed by atoms with E-state index in [1.54, 1.807) is 18.3 Å². The number of nitrogens with zero attached hydrogens (tertiary/aromatic N) is 3.